The Hall–Kier alpha value is -5.54. The first-order chi connectivity index (χ1) is 20.9. The molecule has 1 amide bonds. The van der Waals surface area contributed by atoms with Crippen LogP contribution in [0.15, 0.2) is 138 Å². The van der Waals surface area contributed by atoms with E-state index in [2.05, 4.69) is 4.98 Å². The molecule has 0 fully saturated rings. The number of sulfonamides is 1. The maximum atomic E-state index is 14.0. The highest BCUT2D eigenvalue weighted by Crippen LogP contribution is 2.34. The summed E-state index contributed by atoms with van der Waals surface area (Å²) in [6, 6.07) is 36.7. The molecule has 5 aromatic carbocycles. The van der Waals surface area contributed by atoms with Crippen molar-refractivity contribution in [2.24, 2.45) is 0 Å². The van der Waals surface area contributed by atoms with Crippen LogP contribution in [0.1, 0.15) is 15.9 Å². The summed E-state index contributed by atoms with van der Waals surface area (Å²) in [5.41, 5.74) is 2.25. The zero-order valence-corrected chi connectivity index (χ0v) is 23.5. The van der Waals surface area contributed by atoms with Gasteiger partial charge in [0, 0.05) is 10.8 Å². The van der Waals surface area contributed by atoms with E-state index in [-0.39, 0.29) is 28.5 Å². The molecule has 1 aromatic heterocycles. The number of rotatable bonds is 7. The van der Waals surface area contributed by atoms with Crippen molar-refractivity contribution in [1.82, 2.24) is 4.98 Å². The number of aromatic nitrogens is 1. The van der Waals surface area contributed by atoms with E-state index in [1.165, 1.54) is 36.4 Å². The number of nitrogens with zero attached hydrogens (tertiary/aromatic N) is 2. The maximum absolute atomic E-state index is 14.0. The number of esters is 1. The van der Waals surface area contributed by atoms with Crippen LogP contribution < -0.4 is 9.04 Å². The first kappa shape index (κ1) is 27.6. The minimum absolute atomic E-state index is 0.0751. The number of hydrogen-bond acceptors (Lipinski definition) is 7. The number of carbonyl (C=O) groups excluding carboxylic acids is 2. The van der Waals surface area contributed by atoms with E-state index in [0.29, 0.717) is 26.1 Å². The van der Waals surface area contributed by atoms with Gasteiger partial charge in [0.15, 0.2) is 5.75 Å². The smallest absolute Gasteiger partial charge is 0.434 e. The van der Waals surface area contributed by atoms with Crippen molar-refractivity contribution in [3.05, 3.63) is 145 Å². The number of anilines is 1. The van der Waals surface area contributed by atoms with Gasteiger partial charge in [-0.1, -0.05) is 72.8 Å². The van der Waals surface area contributed by atoms with E-state index in [0.717, 1.165) is 5.56 Å². The summed E-state index contributed by atoms with van der Waals surface area (Å²) in [5, 5.41) is 1.11. The van der Waals surface area contributed by atoms with Gasteiger partial charge in [-0.3, -0.25) is 0 Å². The molecule has 6 rings (SSSR count). The minimum atomic E-state index is -4.49. The monoisotopic (exact) mass is 588 g/mol. The van der Waals surface area contributed by atoms with Gasteiger partial charge in [-0.2, -0.15) is 4.31 Å². The minimum Gasteiger partial charge on any atom is -0.457 e. The topological polar surface area (TPSA) is 103 Å². The van der Waals surface area contributed by atoms with Gasteiger partial charge in [-0.15, -0.1) is 0 Å². The molecule has 212 valence electrons. The van der Waals surface area contributed by atoms with E-state index in [4.69, 9.17) is 9.47 Å². The molecule has 0 aliphatic carbocycles. The van der Waals surface area contributed by atoms with Gasteiger partial charge < -0.3 is 9.47 Å². The molecule has 0 spiro atoms. The van der Waals surface area contributed by atoms with Crippen LogP contribution in [-0.4, -0.2) is 25.5 Å². The molecule has 1 heterocycles. The normalized spacial score (nSPS) is 11.3. The fourth-order valence-electron chi connectivity index (χ4n) is 4.62. The summed E-state index contributed by atoms with van der Waals surface area (Å²) in [7, 11) is -4.49. The number of pyridine rings is 1. The molecule has 43 heavy (non-hydrogen) atoms. The molecule has 0 aliphatic rings. The Morgan fingerprint density at radius 1 is 0.651 bits per heavy atom. The summed E-state index contributed by atoms with van der Waals surface area (Å²) in [4.78, 5) is 30.9. The molecule has 0 saturated carbocycles. The Kier molecular flexibility index (Phi) is 7.55. The lowest BCUT2D eigenvalue weighted by molar-refractivity contribution is 0.0472. The van der Waals surface area contributed by atoms with Crippen LogP contribution in [0.3, 0.4) is 0 Å². The second kappa shape index (κ2) is 11.8. The average Bonchev–Trinajstić information content (AvgIpc) is 3.04. The van der Waals surface area contributed by atoms with Crippen molar-refractivity contribution in [2.75, 3.05) is 4.31 Å². The first-order valence-electron chi connectivity index (χ1n) is 13.3. The van der Waals surface area contributed by atoms with Crippen molar-refractivity contribution < 1.29 is 27.5 Å². The predicted octanol–water partition coefficient (Wildman–Crippen LogP) is 7.14. The van der Waals surface area contributed by atoms with Gasteiger partial charge in [0.1, 0.15) is 6.61 Å². The Morgan fingerprint density at radius 2 is 1.19 bits per heavy atom. The van der Waals surface area contributed by atoms with E-state index in [1.807, 2.05) is 42.5 Å². The molecule has 8 nitrogen and oxygen atoms in total. The average molecular weight is 589 g/mol. The van der Waals surface area contributed by atoms with E-state index in [1.54, 1.807) is 54.6 Å². The maximum Gasteiger partial charge on any atom is 0.434 e. The number of amides is 1. The second-order valence-electron chi connectivity index (χ2n) is 9.53. The molecule has 0 aliphatic heterocycles. The number of fused-ring (bicyclic) bond motifs is 2. The van der Waals surface area contributed by atoms with Crippen molar-refractivity contribution in [2.45, 2.75) is 11.5 Å². The molecule has 6 aromatic rings. The SMILES string of the molecule is O=C(OCc1ccccc1)c1ccc(S(=O)(=O)N(C(=O)Oc2c3ccccc3nc3ccccc23)c2ccccc2)cc1. The summed E-state index contributed by atoms with van der Waals surface area (Å²) < 4.78 is 39.8. The zero-order valence-electron chi connectivity index (χ0n) is 22.7. The van der Waals surface area contributed by atoms with Gasteiger partial charge in [0.05, 0.1) is 27.2 Å². The van der Waals surface area contributed by atoms with Gasteiger partial charge in [-0.25, -0.2) is 23.0 Å². The Morgan fingerprint density at radius 3 is 1.79 bits per heavy atom. The number of hydrogen-bond donors (Lipinski definition) is 0. The first-order valence-corrected chi connectivity index (χ1v) is 14.8. The van der Waals surface area contributed by atoms with Crippen LogP contribution in [-0.2, 0) is 21.4 Å². The van der Waals surface area contributed by atoms with Gasteiger partial charge >= 0.3 is 12.1 Å². The van der Waals surface area contributed by atoms with Crippen LogP contribution >= 0.6 is 0 Å². The lowest BCUT2D eigenvalue weighted by Crippen LogP contribution is -2.39. The number of benzene rings is 5. The van der Waals surface area contributed by atoms with Crippen LogP contribution in [0.4, 0.5) is 10.5 Å². The standard InChI is InChI=1S/C34H24N2O6S/c37-33(41-23-24-11-3-1-4-12-24)25-19-21-27(22-20-25)43(39,40)36(26-13-5-2-6-14-26)34(38)42-32-28-15-7-9-17-30(28)35-31-18-10-8-16-29(31)32/h1-22H,23H2. The summed E-state index contributed by atoms with van der Waals surface area (Å²) in [5.74, 6) is -0.414. The Balaban J connectivity index is 1.33. The van der Waals surface area contributed by atoms with Crippen LogP contribution in [0, 0.1) is 0 Å². The highest BCUT2D eigenvalue weighted by atomic mass is 32.2. The van der Waals surface area contributed by atoms with E-state index >= 15 is 0 Å². The summed E-state index contributed by atoms with van der Waals surface area (Å²) in [6.07, 6.45) is -1.13. The molecule has 0 atom stereocenters. The van der Waals surface area contributed by atoms with Crippen molar-refractivity contribution in [3.8, 4) is 5.75 Å². The molecule has 0 unspecified atom stereocenters. The largest absolute Gasteiger partial charge is 0.457 e. The highest BCUT2D eigenvalue weighted by Gasteiger charge is 2.33. The lowest BCUT2D eigenvalue weighted by atomic mass is 10.1. The highest BCUT2D eigenvalue weighted by molar-refractivity contribution is 7.93. The predicted molar refractivity (Wildman–Crippen MR) is 163 cm³/mol. The third-order valence-electron chi connectivity index (χ3n) is 6.73. The van der Waals surface area contributed by atoms with Gasteiger partial charge in [0.25, 0.3) is 10.0 Å². The third kappa shape index (κ3) is 5.66. The Bertz CT molecular complexity index is 1990. The van der Waals surface area contributed by atoms with Gasteiger partial charge in [0.2, 0.25) is 0 Å². The van der Waals surface area contributed by atoms with Crippen molar-refractivity contribution in [1.29, 1.82) is 0 Å². The molecule has 9 heteroatoms. The van der Waals surface area contributed by atoms with Crippen LogP contribution in [0.25, 0.3) is 21.8 Å². The zero-order chi connectivity index (χ0) is 29.8. The molecule has 0 saturated heterocycles. The second-order valence-corrected chi connectivity index (χ2v) is 11.3. The summed E-state index contributed by atoms with van der Waals surface area (Å²) >= 11 is 0. The molecule has 0 N–H and O–H groups in total. The fraction of sp³-hybridized carbons (Fsp3) is 0.0294. The lowest BCUT2D eigenvalue weighted by Gasteiger charge is -2.23. The quantitative estimate of drug-likeness (QED) is 0.144. The number of ether oxygens (including phenoxy) is 2. The fourth-order valence-corrected chi connectivity index (χ4v) is 5.94. The van der Waals surface area contributed by atoms with E-state index < -0.39 is 22.1 Å². The van der Waals surface area contributed by atoms with E-state index in [9.17, 15) is 18.0 Å². The van der Waals surface area contributed by atoms with Crippen LogP contribution in [0.2, 0.25) is 0 Å². The number of para-hydroxylation sites is 3. The molecular formula is C34H24N2O6S. The third-order valence-corrected chi connectivity index (χ3v) is 8.43. The van der Waals surface area contributed by atoms with Crippen LogP contribution in [0.5, 0.6) is 5.75 Å². The van der Waals surface area contributed by atoms with Crippen molar-refractivity contribution >= 4 is 49.6 Å². The molecule has 0 bridgehead atoms. The summed E-state index contributed by atoms with van der Waals surface area (Å²) in [6.45, 7) is 0.0751. The Labute approximate surface area is 247 Å². The molecule has 0 radical (unpaired) electrons. The van der Waals surface area contributed by atoms with Crippen molar-refractivity contribution in [3.63, 3.8) is 0 Å². The number of carbonyl (C=O) groups is 2. The van der Waals surface area contributed by atoms with Gasteiger partial charge in [-0.05, 0) is 66.2 Å². The molecular weight excluding hydrogens is 564 g/mol.